The van der Waals surface area contributed by atoms with Crippen molar-refractivity contribution in [2.75, 3.05) is 11.1 Å². The minimum Gasteiger partial charge on any atom is -0.384 e. The van der Waals surface area contributed by atoms with E-state index in [4.69, 9.17) is 10.8 Å². The van der Waals surface area contributed by atoms with Crippen LogP contribution in [0.4, 0.5) is 11.6 Å². The van der Waals surface area contributed by atoms with Gasteiger partial charge in [-0.15, -0.1) is 0 Å². The first-order valence-corrected chi connectivity index (χ1v) is 10.9. The molecule has 4 aromatic heterocycles. The predicted octanol–water partition coefficient (Wildman–Crippen LogP) is 3.93. The second-order valence-electron chi connectivity index (χ2n) is 8.22. The molecule has 8 heteroatoms. The van der Waals surface area contributed by atoms with Crippen LogP contribution in [0.1, 0.15) is 27.9 Å². The monoisotopic (exact) mass is 438 g/mol. The highest BCUT2D eigenvalue weighted by atomic mass is 15.3. The number of rotatable bonds is 7. The van der Waals surface area contributed by atoms with E-state index in [-0.39, 0.29) is 0 Å². The number of aromatic nitrogens is 6. The van der Waals surface area contributed by atoms with Crippen LogP contribution in [0.2, 0.25) is 0 Å². The molecule has 0 unspecified atom stereocenters. The van der Waals surface area contributed by atoms with Crippen LogP contribution in [-0.4, -0.2) is 29.5 Å². The molecular weight excluding hydrogens is 412 g/mol. The molecule has 0 atom stereocenters. The van der Waals surface area contributed by atoms with Gasteiger partial charge in [0.2, 0.25) is 0 Å². The van der Waals surface area contributed by atoms with Gasteiger partial charge >= 0.3 is 0 Å². The number of nitrogen functional groups attached to an aromatic ring is 1. The molecule has 5 rings (SSSR count). The molecule has 0 amide bonds. The van der Waals surface area contributed by atoms with Gasteiger partial charge in [0.1, 0.15) is 11.6 Å². The van der Waals surface area contributed by atoms with E-state index in [1.165, 1.54) is 11.1 Å². The SMILES string of the molecule is Cc1cc(N)nc(C)c1CNc1nccc2nn(Cc3ccc(Cn4cccn4)cc3)cc12. The Bertz CT molecular complexity index is 1360. The number of pyridine rings is 2. The Balaban J connectivity index is 1.31. The van der Waals surface area contributed by atoms with Crippen molar-refractivity contribution in [3.8, 4) is 0 Å². The number of hydrogen-bond donors (Lipinski definition) is 2. The lowest BCUT2D eigenvalue weighted by Gasteiger charge is -2.12. The molecule has 0 saturated heterocycles. The molecule has 0 aliphatic carbocycles. The maximum Gasteiger partial charge on any atom is 0.137 e. The van der Waals surface area contributed by atoms with Crippen molar-refractivity contribution < 1.29 is 0 Å². The third-order valence-electron chi connectivity index (χ3n) is 5.76. The van der Waals surface area contributed by atoms with E-state index in [0.717, 1.165) is 40.1 Å². The normalized spacial score (nSPS) is 11.2. The van der Waals surface area contributed by atoms with E-state index < -0.39 is 0 Å². The number of aryl methyl sites for hydroxylation is 2. The maximum absolute atomic E-state index is 5.86. The van der Waals surface area contributed by atoms with Crippen LogP contribution in [0, 0.1) is 13.8 Å². The number of anilines is 2. The number of hydrogen-bond acceptors (Lipinski definition) is 6. The molecule has 166 valence electrons. The molecule has 0 aliphatic rings. The molecule has 4 heterocycles. The van der Waals surface area contributed by atoms with E-state index in [1.807, 2.05) is 46.9 Å². The Morgan fingerprint density at radius 1 is 0.970 bits per heavy atom. The zero-order valence-electron chi connectivity index (χ0n) is 18.7. The smallest absolute Gasteiger partial charge is 0.137 e. The summed E-state index contributed by atoms with van der Waals surface area (Å²) in [5.74, 6) is 1.36. The molecule has 0 spiro atoms. The minimum absolute atomic E-state index is 0.546. The Morgan fingerprint density at radius 3 is 2.42 bits per heavy atom. The van der Waals surface area contributed by atoms with Crippen molar-refractivity contribution >= 4 is 22.5 Å². The maximum atomic E-state index is 5.86. The zero-order valence-corrected chi connectivity index (χ0v) is 18.7. The Morgan fingerprint density at radius 2 is 1.73 bits per heavy atom. The third-order valence-corrected chi connectivity index (χ3v) is 5.76. The molecule has 0 radical (unpaired) electrons. The van der Waals surface area contributed by atoms with E-state index >= 15 is 0 Å². The molecular formula is C25H26N8. The molecule has 0 saturated carbocycles. The molecule has 0 fully saturated rings. The number of nitrogens with two attached hydrogens (primary N) is 1. The summed E-state index contributed by atoms with van der Waals surface area (Å²) in [5, 5.41) is 13.5. The largest absolute Gasteiger partial charge is 0.384 e. The average Bonchev–Trinajstić information content (AvgIpc) is 3.44. The van der Waals surface area contributed by atoms with Crippen LogP contribution in [-0.2, 0) is 19.6 Å². The second-order valence-corrected chi connectivity index (χ2v) is 8.22. The van der Waals surface area contributed by atoms with E-state index in [9.17, 15) is 0 Å². The van der Waals surface area contributed by atoms with Gasteiger partial charge in [0, 0.05) is 37.0 Å². The highest BCUT2D eigenvalue weighted by Gasteiger charge is 2.10. The fraction of sp³-hybridized carbons (Fsp3) is 0.200. The lowest BCUT2D eigenvalue weighted by molar-refractivity contribution is 0.682. The van der Waals surface area contributed by atoms with Gasteiger partial charge in [-0.05, 0) is 54.3 Å². The first-order valence-electron chi connectivity index (χ1n) is 10.9. The number of fused-ring (bicyclic) bond motifs is 1. The quantitative estimate of drug-likeness (QED) is 0.399. The molecule has 5 aromatic rings. The van der Waals surface area contributed by atoms with Gasteiger partial charge in [-0.25, -0.2) is 9.97 Å². The van der Waals surface area contributed by atoms with Crippen LogP contribution < -0.4 is 11.1 Å². The highest BCUT2D eigenvalue weighted by molar-refractivity contribution is 5.88. The van der Waals surface area contributed by atoms with Gasteiger partial charge in [-0.1, -0.05) is 24.3 Å². The summed E-state index contributed by atoms with van der Waals surface area (Å²) in [6.45, 7) is 6.11. The summed E-state index contributed by atoms with van der Waals surface area (Å²) in [7, 11) is 0. The number of nitrogens with one attached hydrogen (secondary N) is 1. The summed E-state index contributed by atoms with van der Waals surface area (Å²) in [6.07, 6.45) is 7.59. The number of nitrogens with zero attached hydrogens (tertiary/aromatic N) is 6. The van der Waals surface area contributed by atoms with Crippen LogP contribution in [0.5, 0.6) is 0 Å². The lowest BCUT2D eigenvalue weighted by atomic mass is 10.1. The fourth-order valence-corrected chi connectivity index (χ4v) is 4.06. The molecule has 33 heavy (non-hydrogen) atoms. The van der Waals surface area contributed by atoms with Crippen molar-refractivity contribution in [2.45, 2.75) is 33.5 Å². The highest BCUT2D eigenvalue weighted by Crippen LogP contribution is 2.22. The summed E-state index contributed by atoms with van der Waals surface area (Å²) >= 11 is 0. The second kappa shape index (κ2) is 8.74. The Labute approximate surface area is 192 Å². The Hall–Kier alpha value is -4.20. The van der Waals surface area contributed by atoms with Gasteiger partial charge in [0.05, 0.1) is 24.0 Å². The summed E-state index contributed by atoms with van der Waals surface area (Å²) in [5.41, 5.74) is 12.3. The van der Waals surface area contributed by atoms with Gasteiger partial charge < -0.3 is 11.1 Å². The van der Waals surface area contributed by atoms with Crippen LogP contribution in [0.3, 0.4) is 0 Å². The van der Waals surface area contributed by atoms with Crippen molar-refractivity contribution in [2.24, 2.45) is 0 Å². The average molecular weight is 439 g/mol. The third kappa shape index (κ3) is 4.55. The fourth-order valence-electron chi connectivity index (χ4n) is 4.06. The summed E-state index contributed by atoms with van der Waals surface area (Å²) in [6, 6.07) is 14.3. The molecule has 3 N–H and O–H groups in total. The lowest BCUT2D eigenvalue weighted by Crippen LogP contribution is -2.07. The molecule has 0 aliphatic heterocycles. The standard InChI is InChI=1S/C25H26N8/c1-17-12-24(26)30-18(2)21(17)13-28-25-22-16-33(31-23(22)8-10-27-25)15-20-6-4-19(5-7-20)14-32-11-3-9-29-32/h3-12,16H,13-15H2,1-2H3,(H2,26,30)(H,27,28). The summed E-state index contributed by atoms with van der Waals surface area (Å²) in [4.78, 5) is 8.93. The minimum atomic E-state index is 0.546. The molecule has 8 nitrogen and oxygen atoms in total. The number of benzene rings is 1. The van der Waals surface area contributed by atoms with Crippen molar-refractivity contribution in [1.29, 1.82) is 0 Å². The van der Waals surface area contributed by atoms with Crippen molar-refractivity contribution in [3.05, 3.63) is 95.2 Å². The van der Waals surface area contributed by atoms with Crippen molar-refractivity contribution in [1.82, 2.24) is 29.5 Å². The van der Waals surface area contributed by atoms with Crippen LogP contribution in [0.25, 0.3) is 10.9 Å². The van der Waals surface area contributed by atoms with Gasteiger partial charge in [0.25, 0.3) is 0 Å². The first kappa shape index (κ1) is 20.7. The van der Waals surface area contributed by atoms with E-state index in [2.05, 4.69) is 51.6 Å². The van der Waals surface area contributed by atoms with E-state index in [0.29, 0.717) is 18.9 Å². The predicted molar refractivity (Wildman–Crippen MR) is 130 cm³/mol. The van der Waals surface area contributed by atoms with Crippen molar-refractivity contribution in [3.63, 3.8) is 0 Å². The molecule has 0 bridgehead atoms. The van der Waals surface area contributed by atoms with Gasteiger partial charge in [0.15, 0.2) is 0 Å². The summed E-state index contributed by atoms with van der Waals surface area (Å²) < 4.78 is 3.88. The molecule has 1 aromatic carbocycles. The Kier molecular flexibility index (Phi) is 5.48. The first-order chi connectivity index (χ1) is 16.0. The van der Waals surface area contributed by atoms with Crippen LogP contribution >= 0.6 is 0 Å². The van der Waals surface area contributed by atoms with Crippen LogP contribution in [0.15, 0.2) is 67.3 Å². The van der Waals surface area contributed by atoms with E-state index in [1.54, 1.807) is 12.4 Å². The van der Waals surface area contributed by atoms with Gasteiger partial charge in [-0.3, -0.25) is 9.36 Å². The zero-order chi connectivity index (χ0) is 22.8. The van der Waals surface area contributed by atoms with Gasteiger partial charge in [-0.2, -0.15) is 10.2 Å². The topological polar surface area (TPSA) is 99.5 Å².